The number of hydrogen-bond donors (Lipinski definition) is 2. The fourth-order valence-corrected chi connectivity index (χ4v) is 5.55. The molecule has 4 rings (SSSR count). The molecule has 140 valence electrons. The second-order valence-electron chi connectivity index (χ2n) is 7.01. The minimum atomic E-state index is -3.78. The van der Waals surface area contributed by atoms with E-state index in [4.69, 9.17) is 4.74 Å². The lowest BCUT2D eigenvalue weighted by Gasteiger charge is -2.47. The van der Waals surface area contributed by atoms with Crippen LogP contribution < -0.4 is 16.0 Å². The Morgan fingerprint density at radius 2 is 2.12 bits per heavy atom. The molecule has 2 N–H and O–H groups in total. The molecule has 0 bridgehead atoms. The van der Waals surface area contributed by atoms with E-state index < -0.39 is 21.3 Å². The molecule has 4 atom stereocenters. The van der Waals surface area contributed by atoms with Crippen molar-refractivity contribution in [1.29, 1.82) is 0 Å². The van der Waals surface area contributed by atoms with Crippen molar-refractivity contribution < 1.29 is 13.2 Å². The lowest BCUT2D eigenvalue weighted by Crippen LogP contribution is -2.61. The van der Waals surface area contributed by atoms with Crippen LogP contribution in [0.1, 0.15) is 19.8 Å². The molecular weight excluding hydrogens is 358 g/mol. The Bertz CT molecular complexity index is 1090. The van der Waals surface area contributed by atoms with Crippen molar-refractivity contribution in [1.82, 2.24) is 14.3 Å². The van der Waals surface area contributed by atoms with Crippen molar-refractivity contribution >= 4 is 20.9 Å². The summed E-state index contributed by atoms with van der Waals surface area (Å²) < 4.78 is 35.1. The van der Waals surface area contributed by atoms with Crippen LogP contribution in [0.4, 0.5) is 0 Å². The number of nitrogens with one attached hydrogen (secondary N) is 2. The van der Waals surface area contributed by atoms with Gasteiger partial charge >= 0.3 is 5.69 Å². The zero-order valence-corrected chi connectivity index (χ0v) is 15.4. The van der Waals surface area contributed by atoms with Crippen molar-refractivity contribution in [3.63, 3.8) is 0 Å². The normalized spacial score (nSPS) is 28.1. The Morgan fingerprint density at radius 3 is 2.85 bits per heavy atom. The first kappa shape index (κ1) is 17.4. The molecule has 9 heteroatoms. The maximum Gasteiger partial charge on any atom is 0.328 e. The average molecular weight is 379 g/mol. The third kappa shape index (κ3) is 2.53. The summed E-state index contributed by atoms with van der Waals surface area (Å²) >= 11 is 0. The number of rotatable bonds is 4. The van der Waals surface area contributed by atoms with Gasteiger partial charge in [0.2, 0.25) is 10.0 Å². The Hall–Kier alpha value is -1.97. The number of benzene rings is 1. The fourth-order valence-electron chi connectivity index (χ4n) is 4.19. The molecule has 1 saturated heterocycles. The SMILES string of the molecule is CC[C@@H]1[C@@H](NS(=O)(=O)c2ccc3[nH]c(=O)n(C)c(=O)c3c2)[C@@H]2CCO[C@H]12. The van der Waals surface area contributed by atoms with E-state index in [-0.39, 0.29) is 34.3 Å². The van der Waals surface area contributed by atoms with Gasteiger partial charge in [-0.2, -0.15) is 0 Å². The molecule has 2 aromatic rings. The Morgan fingerprint density at radius 1 is 1.35 bits per heavy atom. The smallest absolute Gasteiger partial charge is 0.328 e. The molecule has 26 heavy (non-hydrogen) atoms. The van der Waals surface area contributed by atoms with Crippen molar-refractivity contribution in [3.8, 4) is 0 Å². The highest BCUT2D eigenvalue weighted by atomic mass is 32.2. The number of ether oxygens (including phenoxy) is 1. The van der Waals surface area contributed by atoms with Crippen LogP contribution in [0.5, 0.6) is 0 Å². The summed E-state index contributed by atoms with van der Waals surface area (Å²) in [5.41, 5.74) is -0.750. The minimum absolute atomic E-state index is 0.0198. The molecule has 1 aromatic carbocycles. The summed E-state index contributed by atoms with van der Waals surface area (Å²) in [6.45, 7) is 2.70. The van der Waals surface area contributed by atoms with E-state index in [0.29, 0.717) is 12.1 Å². The van der Waals surface area contributed by atoms with Crippen LogP contribution in [0.25, 0.3) is 10.9 Å². The first-order chi connectivity index (χ1) is 12.3. The molecule has 2 fully saturated rings. The second kappa shape index (κ2) is 6.04. The van der Waals surface area contributed by atoms with Gasteiger partial charge in [0.05, 0.1) is 21.9 Å². The van der Waals surface area contributed by atoms with Crippen LogP contribution in [0.15, 0.2) is 32.7 Å². The predicted molar refractivity (Wildman–Crippen MR) is 95.5 cm³/mol. The molecule has 2 aliphatic rings. The third-order valence-electron chi connectivity index (χ3n) is 5.67. The number of H-pyrrole nitrogens is 1. The molecule has 0 unspecified atom stereocenters. The van der Waals surface area contributed by atoms with Gasteiger partial charge in [0, 0.05) is 31.5 Å². The van der Waals surface area contributed by atoms with Crippen molar-refractivity contribution in [2.75, 3.05) is 6.61 Å². The number of fused-ring (bicyclic) bond motifs is 2. The first-order valence-electron chi connectivity index (χ1n) is 8.70. The fraction of sp³-hybridized carbons (Fsp3) is 0.529. The summed E-state index contributed by atoms with van der Waals surface area (Å²) in [4.78, 5) is 26.5. The number of aromatic amines is 1. The van der Waals surface area contributed by atoms with E-state index in [1.807, 2.05) is 6.92 Å². The highest BCUT2D eigenvalue weighted by Crippen LogP contribution is 2.45. The molecule has 0 radical (unpaired) electrons. The molecule has 1 aliphatic carbocycles. The lowest BCUT2D eigenvalue weighted by molar-refractivity contribution is -0.0501. The van der Waals surface area contributed by atoms with Crippen molar-refractivity contribution in [2.24, 2.45) is 18.9 Å². The molecule has 1 aromatic heterocycles. The van der Waals surface area contributed by atoms with Gasteiger partial charge in [0.15, 0.2) is 0 Å². The molecule has 8 nitrogen and oxygen atoms in total. The predicted octanol–water partition coefficient (Wildman–Crippen LogP) is 0.319. The molecule has 1 aliphatic heterocycles. The van der Waals surface area contributed by atoms with E-state index >= 15 is 0 Å². The van der Waals surface area contributed by atoms with Gasteiger partial charge in [0.25, 0.3) is 5.56 Å². The molecule has 2 heterocycles. The van der Waals surface area contributed by atoms with Gasteiger partial charge in [-0.25, -0.2) is 17.9 Å². The standard InChI is InChI=1S/C17H21N3O5S/c1-3-10-14(11-6-7-25-15(10)11)19-26(23,24)9-4-5-13-12(8-9)16(21)20(2)17(22)18-13/h4-5,8,10-11,14-15,19H,3,6-7H2,1-2H3,(H,18,22)/t10-,11+,14-,15-/m1/s1. The Labute approximate surface area is 150 Å². The summed E-state index contributed by atoms with van der Waals surface area (Å²) in [7, 11) is -2.43. The lowest BCUT2D eigenvalue weighted by atomic mass is 9.66. The summed E-state index contributed by atoms with van der Waals surface area (Å²) in [6, 6.07) is 4.03. The number of sulfonamides is 1. The van der Waals surface area contributed by atoms with E-state index in [1.54, 1.807) is 0 Å². The molecule has 0 spiro atoms. The Balaban J connectivity index is 1.70. The highest BCUT2D eigenvalue weighted by Gasteiger charge is 2.54. The van der Waals surface area contributed by atoms with Crippen LogP contribution in [0, 0.1) is 11.8 Å². The number of nitrogens with zero attached hydrogens (tertiary/aromatic N) is 1. The molecule has 1 saturated carbocycles. The van der Waals surface area contributed by atoms with Crippen molar-refractivity contribution in [3.05, 3.63) is 39.0 Å². The minimum Gasteiger partial charge on any atom is -0.378 e. The van der Waals surface area contributed by atoms with Gasteiger partial charge in [0.1, 0.15) is 0 Å². The third-order valence-corrected chi connectivity index (χ3v) is 7.13. The van der Waals surface area contributed by atoms with Gasteiger partial charge in [-0.15, -0.1) is 0 Å². The van der Waals surface area contributed by atoms with E-state index in [1.165, 1.54) is 25.2 Å². The summed E-state index contributed by atoms with van der Waals surface area (Å²) in [5.74, 6) is 0.376. The largest absolute Gasteiger partial charge is 0.378 e. The van der Waals surface area contributed by atoms with Crippen LogP contribution in [-0.4, -0.2) is 36.7 Å². The van der Waals surface area contributed by atoms with Crippen molar-refractivity contribution in [2.45, 2.75) is 36.8 Å². The maximum atomic E-state index is 12.9. The zero-order chi connectivity index (χ0) is 18.6. The van der Waals surface area contributed by atoms with Crippen LogP contribution >= 0.6 is 0 Å². The van der Waals surface area contributed by atoms with E-state index in [9.17, 15) is 18.0 Å². The first-order valence-corrected chi connectivity index (χ1v) is 10.2. The van der Waals surface area contributed by atoms with Gasteiger partial charge in [-0.1, -0.05) is 6.92 Å². The summed E-state index contributed by atoms with van der Waals surface area (Å²) in [5, 5.41) is 0.165. The van der Waals surface area contributed by atoms with Crippen LogP contribution in [-0.2, 0) is 21.8 Å². The van der Waals surface area contributed by atoms with E-state index in [0.717, 1.165) is 17.4 Å². The van der Waals surface area contributed by atoms with Crippen LogP contribution in [0.2, 0.25) is 0 Å². The molecular formula is C17H21N3O5S. The Kier molecular flexibility index (Phi) is 4.05. The zero-order valence-electron chi connectivity index (χ0n) is 14.6. The van der Waals surface area contributed by atoms with Gasteiger partial charge in [-0.3, -0.25) is 9.36 Å². The van der Waals surface area contributed by atoms with Gasteiger partial charge in [-0.05, 0) is 31.0 Å². The monoisotopic (exact) mass is 379 g/mol. The van der Waals surface area contributed by atoms with Crippen LogP contribution in [0.3, 0.4) is 0 Å². The quantitative estimate of drug-likeness (QED) is 0.795. The number of hydrogen-bond acceptors (Lipinski definition) is 5. The maximum absolute atomic E-state index is 12.9. The average Bonchev–Trinajstić information content (AvgIpc) is 3.02. The van der Waals surface area contributed by atoms with E-state index in [2.05, 4.69) is 9.71 Å². The second-order valence-corrected chi connectivity index (χ2v) is 8.72. The topological polar surface area (TPSA) is 110 Å². The molecule has 0 amide bonds. The number of aromatic nitrogens is 2. The highest BCUT2D eigenvalue weighted by molar-refractivity contribution is 7.89. The van der Waals surface area contributed by atoms with Gasteiger partial charge < -0.3 is 9.72 Å². The summed E-state index contributed by atoms with van der Waals surface area (Å²) in [6.07, 6.45) is 1.84.